The van der Waals surface area contributed by atoms with Crippen LogP contribution in [-0.2, 0) is 49.6 Å². The summed E-state index contributed by atoms with van der Waals surface area (Å²) < 4.78 is 0. The highest BCUT2D eigenvalue weighted by Crippen LogP contribution is 2.08. The summed E-state index contributed by atoms with van der Waals surface area (Å²) in [7, 11) is 0. The highest BCUT2D eigenvalue weighted by Gasteiger charge is 2.34. The van der Waals surface area contributed by atoms with Crippen LogP contribution in [-0.4, -0.2) is 129 Å². The molecule has 21 nitrogen and oxygen atoms in total. The lowest BCUT2D eigenvalue weighted by molar-refractivity contribution is -0.145. The topological polar surface area (TPSA) is 359 Å². The van der Waals surface area contributed by atoms with E-state index in [4.69, 9.17) is 11.5 Å². The Balaban J connectivity index is 3.08. The Morgan fingerprint density at radius 3 is 1.62 bits per heavy atom. The van der Waals surface area contributed by atoms with Crippen molar-refractivity contribution in [2.24, 2.45) is 17.4 Å². The number of hydrogen-bond acceptors (Lipinski definition) is 12. The lowest BCUT2D eigenvalue weighted by Gasteiger charge is -2.28. The number of carbonyl (C=O) groups is 9. The van der Waals surface area contributed by atoms with Crippen LogP contribution in [0.15, 0.2) is 30.3 Å². The smallest absolute Gasteiger partial charge is 0.328 e. The molecule has 1 aromatic rings. The van der Waals surface area contributed by atoms with Crippen LogP contribution in [0.5, 0.6) is 0 Å². The number of amides is 7. The average molecular weight is 781 g/mol. The molecule has 0 aliphatic carbocycles. The monoisotopic (exact) mass is 780 g/mol. The fraction of sp³-hybridized carbons (Fsp3) is 0.559. The third kappa shape index (κ3) is 16.9. The van der Waals surface area contributed by atoms with Gasteiger partial charge in [-0.05, 0) is 44.6 Å². The second kappa shape index (κ2) is 23.2. The highest BCUT2D eigenvalue weighted by molar-refractivity contribution is 5.97. The van der Waals surface area contributed by atoms with Gasteiger partial charge < -0.3 is 63.8 Å². The zero-order valence-electron chi connectivity index (χ0n) is 30.9. The van der Waals surface area contributed by atoms with Crippen LogP contribution in [0.4, 0.5) is 0 Å². The van der Waals surface area contributed by atoms with Crippen LogP contribution in [0.25, 0.3) is 0 Å². The lowest BCUT2D eigenvalue weighted by atomic mass is 10.0. The number of rotatable bonds is 24. The molecule has 1 rings (SSSR count). The Hall–Kier alpha value is -5.67. The van der Waals surface area contributed by atoms with Crippen LogP contribution < -0.4 is 43.4 Å². The SMILES string of the molecule is CC(C)[C@H](NC(=O)[C@H](CO)NC(=O)[C@@H](N)Cc1ccccc1)C(=O)N[C@@H](CCC(=O)O)C(=O)N[C@@H](C)C(=O)N[C@@H](CCC(N)=O)C(=O)N[C@H](C(=O)O)[C@@H](C)O. The molecule has 1 aromatic carbocycles. The molecule has 7 amide bonds. The second-order valence-corrected chi connectivity index (χ2v) is 13.1. The quantitative estimate of drug-likeness (QED) is 0.0473. The predicted molar refractivity (Wildman–Crippen MR) is 192 cm³/mol. The van der Waals surface area contributed by atoms with Gasteiger partial charge in [0, 0.05) is 12.8 Å². The minimum Gasteiger partial charge on any atom is -0.481 e. The molecule has 306 valence electrons. The first-order valence-electron chi connectivity index (χ1n) is 17.3. The number of carboxylic acids is 2. The van der Waals surface area contributed by atoms with Gasteiger partial charge in [0.1, 0.15) is 30.2 Å². The first-order valence-corrected chi connectivity index (χ1v) is 17.3. The molecule has 21 heteroatoms. The van der Waals surface area contributed by atoms with E-state index in [1.54, 1.807) is 30.3 Å². The maximum Gasteiger partial charge on any atom is 0.328 e. The summed E-state index contributed by atoms with van der Waals surface area (Å²) in [5, 5.41) is 51.8. The zero-order valence-corrected chi connectivity index (χ0v) is 30.9. The minimum absolute atomic E-state index is 0.131. The van der Waals surface area contributed by atoms with Gasteiger partial charge >= 0.3 is 11.9 Å². The number of nitrogens with two attached hydrogens (primary N) is 2. The summed E-state index contributed by atoms with van der Waals surface area (Å²) >= 11 is 0. The lowest BCUT2D eigenvalue weighted by Crippen LogP contribution is -2.61. The van der Waals surface area contributed by atoms with Gasteiger partial charge in [-0.2, -0.15) is 0 Å². The molecule has 0 saturated heterocycles. The van der Waals surface area contributed by atoms with Gasteiger partial charge in [0.05, 0.1) is 18.8 Å². The van der Waals surface area contributed by atoms with Crippen molar-refractivity contribution in [3.8, 4) is 0 Å². The van der Waals surface area contributed by atoms with Crippen molar-refractivity contribution in [2.75, 3.05) is 6.61 Å². The number of primary amides is 1. The minimum atomic E-state index is -1.77. The Kier molecular flexibility index (Phi) is 20.0. The second-order valence-electron chi connectivity index (χ2n) is 13.1. The normalized spacial score (nSPS) is 15.3. The number of benzene rings is 1. The Bertz CT molecular complexity index is 1530. The van der Waals surface area contributed by atoms with Crippen molar-refractivity contribution in [3.05, 3.63) is 35.9 Å². The number of aliphatic hydroxyl groups is 2. The van der Waals surface area contributed by atoms with E-state index in [0.29, 0.717) is 0 Å². The van der Waals surface area contributed by atoms with Gasteiger partial charge in [0.25, 0.3) is 0 Å². The summed E-state index contributed by atoms with van der Waals surface area (Å²) in [5.74, 6) is -10.2. The highest BCUT2D eigenvalue weighted by atomic mass is 16.4. The van der Waals surface area contributed by atoms with E-state index in [0.717, 1.165) is 12.5 Å². The van der Waals surface area contributed by atoms with E-state index in [9.17, 15) is 63.6 Å². The largest absolute Gasteiger partial charge is 0.481 e. The first kappa shape index (κ1) is 47.4. The van der Waals surface area contributed by atoms with Gasteiger partial charge in [-0.1, -0.05) is 44.2 Å². The van der Waals surface area contributed by atoms with E-state index in [1.807, 2.05) is 5.32 Å². The molecule has 0 spiro atoms. The molecule has 0 aliphatic heterocycles. The molecule has 0 saturated carbocycles. The van der Waals surface area contributed by atoms with Crippen LogP contribution in [0.2, 0.25) is 0 Å². The van der Waals surface area contributed by atoms with Crippen molar-refractivity contribution in [1.82, 2.24) is 31.9 Å². The number of hydrogen-bond donors (Lipinski definition) is 12. The fourth-order valence-corrected chi connectivity index (χ4v) is 4.89. The molecular formula is C34H52N8O13. The molecule has 0 heterocycles. The van der Waals surface area contributed by atoms with E-state index in [1.165, 1.54) is 20.8 Å². The maximum atomic E-state index is 13.4. The third-order valence-electron chi connectivity index (χ3n) is 8.09. The maximum absolute atomic E-state index is 13.4. The Morgan fingerprint density at radius 2 is 1.13 bits per heavy atom. The summed E-state index contributed by atoms with van der Waals surface area (Å²) in [4.78, 5) is 113. The summed E-state index contributed by atoms with van der Waals surface area (Å²) in [6, 6.07) is -1.56. The number of carbonyl (C=O) groups excluding carboxylic acids is 7. The summed E-state index contributed by atoms with van der Waals surface area (Å²) in [5.41, 5.74) is 11.9. The average Bonchev–Trinajstić information content (AvgIpc) is 3.10. The van der Waals surface area contributed by atoms with Crippen molar-refractivity contribution in [1.29, 1.82) is 0 Å². The van der Waals surface area contributed by atoms with Crippen LogP contribution >= 0.6 is 0 Å². The van der Waals surface area contributed by atoms with Crippen LogP contribution in [0.1, 0.15) is 58.9 Å². The molecule has 0 bridgehead atoms. The molecule has 14 N–H and O–H groups in total. The number of nitrogens with one attached hydrogen (secondary N) is 6. The van der Waals surface area contributed by atoms with Gasteiger partial charge in [-0.25, -0.2) is 4.79 Å². The van der Waals surface area contributed by atoms with Gasteiger partial charge in [-0.3, -0.25) is 38.4 Å². The van der Waals surface area contributed by atoms with E-state index in [2.05, 4.69) is 26.6 Å². The van der Waals surface area contributed by atoms with Crippen molar-refractivity contribution in [2.45, 2.75) is 108 Å². The number of carboxylic acid groups (broad SMARTS) is 2. The number of aliphatic carboxylic acids is 2. The number of aliphatic hydroxyl groups excluding tert-OH is 2. The van der Waals surface area contributed by atoms with Gasteiger partial charge in [0.15, 0.2) is 6.04 Å². The van der Waals surface area contributed by atoms with Crippen molar-refractivity contribution < 1.29 is 63.6 Å². The van der Waals surface area contributed by atoms with Crippen LogP contribution in [0, 0.1) is 5.92 Å². The van der Waals surface area contributed by atoms with Gasteiger partial charge in [0.2, 0.25) is 41.4 Å². The van der Waals surface area contributed by atoms with Crippen molar-refractivity contribution in [3.63, 3.8) is 0 Å². The summed E-state index contributed by atoms with van der Waals surface area (Å²) in [6.45, 7) is 4.49. The van der Waals surface area contributed by atoms with Gasteiger partial charge in [-0.15, -0.1) is 0 Å². The molecule has 0 radical (unpaired) electrons. The molecule has 8 atom stereocenters. The molecule has 0 aliphatic rings. The Labute approximate surface area is 316 Å². The van der Waals surface area contributed by atoms with Crippen LogP contribution in [0.3, 0.4) is 0 Å². The molecule has 0 unspecified atom stereocenters. The van der Waals surface area contributed by atoms with Crippen molar-refractivity contribution >= 4 is 53.3 Å². The third-order valence-corrected chi connectivity index (χ3v) is 8.09. The fourth-order valence-electron chi connectivity index (χ4n) is 4.89. The molecular weight excluding hydrogens is 728 g/mol. The predicted octanol–water partition coefficient (Wildman–Crippen LogP) is -4.27. The summed E-state index contributed by atoms with van der Waals surface area (Å²) in [6.07, 6.45) is -3.32. The van der Waals surface area contributed by atoms with E-state index < -0.39 is 133 Å². The van der Waals surface area contributed by atoms with E-state index >= 15 is 0 Å². The zero-order chi connectivity index (χ0) is 42.0. The van der Waals surface area contributed by atoms with E-state index in [-0.39, 0.29) is 12.8 Å². The standard InChI is InChI=1S/C34H52N8O13/c1-16(2)26(41-32(52)23(15-43)40-29(49)20(35)14-19-8-6-5-7-9-19)33(53)39-22(11-13-25(46)47)30(50)37-17(3)28(48)38-21(10-12-24(36)45)31(51)42-27(18(4)44)34(54)55/h5-9,16-18,20-23,26-27,43-44H,10-15,35H2,1-4H3,(H2,36,45)(H,37,50)(H,38,48)(H,39,53)(H,40,49)(H,41,52)(H,42,51)(H,46,47)(H,54,55)/t17-,18+,20-,21-,22-,23-,26-,27-/m0/s1. The Morgan fingerprint density at radius 1 is 0.636 bits per heavy atom. The first-order chi connectivity index (χ1) is 25.7. The molecule has 0 aromatic heterocycles. The molecule has 55 heavy (non-hydrogen) atoms. The molecule has 0 fully saturated rings.